The first kappa shape index (κ1) is 22.5. The summed E-state index contributed by atoms with van der Waals surface area (Å²) in [5, 5.41) is 13.1. The number of carbonyl (C=O) groups excluding carboxylic acids is 1. The predicted octanol–water partition coefficient (Wildman–Crippen LogP) is 4.00. The minimum absolute atomic E-state index is 0.0462. The Kier molecular flexibility index (Phi) is 7.22. The molecule has 1 amide bonds. The van der Waals surface area contributed by atoms with Gasteiger partial charge in [0.15, 0.2) is 5.16 Å². The number of benzene rings is 2. The number of aromatic nitrogens is 3. The summed E-state index contributed by atoms with van der Waals surface area (Å²) < 4.78 is 2.00. The highest BCUT2D eigenvalue weighted by atomic mass is 35.5. The number of hydrogen-bond acceptors (Lipinski definition) is 6. The van der Waals surface area contributed by atoms with Crippen LogP contribution in [0, 0.1) is 0 Å². The van der Waals surface area contributed by atoms with Crippen molar-refractivity contribution in [3.8, 4) is 5.69 Å². The molecule has 0 bridgehead atoms. The first-order valence-corrected chi connectivity index (χ1v) is 12.0. The smallest absolute Gasteiger partial charge is 0.232 e. The number of nitrogens with zero attached hydrogens (tertiary/aromatic N) is 5. The Balaban J connectivity index is 1.43. The predicted molar refractivity (Wildman–Crippen MR) is 131 cm³/mol. The van der Waals surface area contributed by atoms with E-state index in [0.29, 0.717) is 16.7 Å². The fraction of sp³-hybridized carbons (Fsp3) is 0.348. The van der Waals surface area contributed by atoms with Crippen molar-refractivity contribution in [3.63, 3.8) is 0 Å². The summed E-state index contributed by atoms with van der Waals surface area (Å²) in [7, 11) is 4.01. The molecule has 9 heteroatoms. The topological polar surface area (TPSA) is 66.3 Å². The lowest BCUT2D eigenvalue weighted by molar-refractivity contribution is -0.118. The van der Waals surface area contributed by atoms with Gasteiger partial charge in [0.1, 0.15) is 0 Å². The van der Waals surface area contributed by atoms with E-state index in [-0.39, 0.29) is 11.7 Å². The Morgan fingerprint density at radius 3 is 2.56 bits per heavy atom. The zero-order valence-electron chi connectivity index (χ0n) is 18.3. The molecule has 0 radical (unpaired) electrons. The molecule has 0 spiro atoms. The molecule has 0 atom stereocenters. The number of hydrogen-bond donors (Lipinski definition) is 1. The third kappa shape index (κ3) is 5.37. The van der Waals surface area contributed by atoms with Crippen LogP contribution in [0.3, 0.4) is 0 Å². The van der Waals surface area contributed by atoms with E-state index in [4.69, 9.17) is 11.6 Å². The zero-order chi connectivity index (χ0) is 22.5. The second-order valence-electron chi connectivity index (χ2n) is 7.92. The summed E-state index contributed by atoms with van der Waals surface area (Å²) in [5.41, 5.74) is 3.09. The zero-order valence-corrected chi connectivity index (χ0v) is 19.9. The third-order valence-electron chi connectivity index (χ3n) is 5.35. The van der Waals surface area contributed by atoms with E-state index < -0.39 is 0 Å². The van der Waals surface area contributed by atoms with Crippen molar-refractivity contribution >= 4 is 40.9 Å². The fourth-order valence-corrected chi connectivity index (χ4v) is 4.57. The van der Waals surface area contributed by atoms with Crippen molar-refractivity contribution in [3.05, 3.63) is 59.1 Å². The van der Waals surface area contributed by atoms with Gasteiger partial charge in [0, 0.05) is 44.4 Å². The summed E-state index contributed by atoms with van der Waals surface area (Å²) in [6.07, 6.45) is 2.28. The highest BCUT2D eigenvalue weighted by Gasteiger charge is 2.23. The van der Waals surface area contributed by atoms with Crippen molar-refractivity contribution in [2.45, 2.75) is 24.5 Å². The van der Waals surface area contributed by atoms with Crippen molar-refractivity contribution in [1.29, 1.82) is 0 Å². The van der Waals surface area contributed by atoms with Gasteiger partial charge in [-0.05, 0) is 48.7 Å². The number of thioether (sulfide) groups is 1. The third-order valence-corrected chi connectivity index (χ3v) is 6.51. The van der Waals surface area contributed by atoms with Crippen LogP contribution < -0.4 is 15.1 Å². The molecule has 32 heavy (non-hydrogen) atoms. The number of anilines is 2. The second kappa shape index (κ2) is 10.3. The number of nitrogens with one attached hydrogen (secondary N) is 1. The number of carbonyl (C=O) groups is 1. The SMILES string of the molecule is CN(C)c1ccc(CNC(=O)CSc2nnc(N3CCCC3)n2-c2cccc(Cl)c2)cc1. The second-order valence-corrected chi connectivity index (χ2v) is 9.30. The molecule has 0 unspecified atom stereocenters. The van der Waals surface area contributed by atoms with Crippen molar-refractivity contribution < 1.29 is 4.79 Å². The van der Waals surface area contributed by atoms with Crippen LogP contribution in [-0.4, -0.2) is 53.6 Å². The van der Waals surface area contributed by atoms with Gasteiger partial charge in [-0.25, -0.2) is 0 Å². The summed E-state index contributed by atoms with van der Waals surface area (Å²) in [4.78, 5) is 16.8. The molecule has 2 aromatic carbocycles. The summed E-state index contributed by atoms with van der Waals surface area (Å²) in [6.45, 7) is 2.40. The molecule has 1 N–H and O–H groups in total. The summed E-state index contributed by atoms with van der Waals surface area (Å²) in [6, 6.07) is 15.8. The lowest BCUT2D eigenvalue weighted by Crippen LogP contribution is -2.25. The molecule has 3 aromatic rings. The Morgan fingerprint density at radius 2 is 1.88 bits per heavy atom. The van der Waals surface area contributed by atoms with Crippen molar-refractivity contribution in [2.75, 3.05) is 42.7 Å². The van der Waals surface area contributed by atoms with Crippen LogP contribution in [0.1, 0.15) is 18.4 Å². The molecular weight excluding hydrogens is 444 g/mol. The van der Waals surface area contributed by atoms with Gasteiger partial charge >= 0.3 is 0 Å². The van der Waals surface area contributed by atoms with Crippen molar-refractivity contribution in [1.82, 2.24) is 20.1 Å². The monoisotopic (exact) mass is 470 g/mol. The Morgan fingerprint density at radius 1 is 1.12 bits per heavy atom. The van der Waals surface area contributed by atoms with Gasteiger partial charge in [-0.15, -0.1) is 10.2 Å². The molecule has 1 saturated heterocycles. The number of halogens is 1. The maximum atomic E-state index is 12.5. The molecule has 1 aliphatic rings. The lowest BCUT2D eigenvalue weighted by Gasteiger charge is -2.18. The maximum absolute atomic E-state index is 12.5. The van der Waals surface area contributed by atoms with E-state index in [1.54, 1.807) is 0 Å². The molecular formula is C23H27ClN6OS. The molecule has 7 nitrogen and oxygen atoms in total. The van der Waals surface area contributed by atoms with E-state index in [1.165, 1.54) is 11.8 Å². The fourth-order valence-electron chi connectivity index (χ4n) is 3.61. The highest BCUT2D eigenvalue weighted by Crippen LogP contribution is 2.29. The standard InChI is InChI=1S/C23H27ClN6OS/c1-28(2)19-10-8-17(9-11-19)15-25-21(31)16-32-23-27-26-22(29-12-3-4-13-29)30(23)20-7-5-6-18(24)14-20/h5-11,14H,3-4,12-13,15-16H2,1-2H3,(H,25,31). The van der Waals surface area contributed by atoms with Crippen LogP contribution in [0.15, 0.2) is 53.7 Å². The Labute approximate surface area is 197 Å². The summed E-state index contributed by atoms with van der Waals surface area (Å²) >= 11 is 7.62. The minimum Gasteiger partial charge on any atom is -0.378 e. The van der Waals surface area contributed by atoms with Crippen LogP contribution in [0.25, 0.3) is 5.69 Å². The Hall–Kier alpha value is -2.71. The lowest BCUT2D eigenvalue weighted by atomic mass is 10.2. The first-order chi connectivity index (χ1) is 15.5. The van der Waals surface area contributed by atoms with E-state index in [0.717, 1.165) is 48.8 Å². The first-order valence-electron chi connectivity index (χ1n) is 10.6. The number of amides is 1. The average Bonchev–Trinajstić information content (AvgIpc) is 3.46. The summed E-state index contributed by atoms with van der Waals surface area (Å²) in [5.74, 6) is 1.01. The molecule has 1 aromatic heterocycles. The van der Waals surface area contributed by atoms with Gasteiger partial charge in [-0.3, -0.25) is 9.36 Å². The molecule has 168 valence electrons. The highest BCUT2D eigenvalue weighted by molar-refractivity contribution is 7.99. The molecule has 1 aliphatic heterocycles. The normalized spacial score (nSPS) is 13.4. The van der Waals surface area contributed by atoms with Gasteiger partial charge in [-0.1, -0.05) is 41.6 Å². The van der Waals surface area contributed by atoms with E-state index >= 15 is 0 Å². The van der Waals surface area contributed by atoms with Gasteiger partial charge in [0.25, 0.3) is 0 Å². The molecule has 0 aliphatic carbocycles. The number of rotatable bonds is 8. The molecule has 2 heterocycles. The van der Waals surface area contributed by atoms with Gasteiger partial charge in [0.2, 0.25) is 11.9 Å². The van der Waals surface area contributed by atoms with E-state index in [1.807, 2.05) is 72.1 Å². The molecule has 4 rings (SSSR count). The maximum Gasteiger partial charge on any atom is 0.232 e. The Bertz CT molecular complexity index is 1060. The van der Waals surface area contributed by atoms with Gasteiger partial charge in [-0.2, -0.15) is 0 Å². The van der Waals surface area contributed by atoms with Crippen LogP contribution in [0.4, 0.5) is 11.6 Å². The quantitative estimate of drug-likeness (QED) is 0.502. The van der Waals surface area contributed by atoms with Crippen LogP contribution in [-0.2, 0) is 11.3 Å². The van der Waals surface area contributed by atoms with E-state index in [9.17, 15) is 4.79 Å². The van der Waals surface area contributed by atoms with Gasteiger partial charge < -0.3 is 15.1 Å². The van der Waals surface area contributed by atoms with Crippen LogP contribution in [0.5, 0.6) is 0 Å². The van der Waals surface area contributed by atoms with Crippen LogP contribution in [0.2, 0.25) is 5.02 Å². The van der Waals surface area contributed by atoms with Crippen molar-refractivity contribution in [2.24, 2.45) is 0 Å². The van der Waals surface area contributed by atoms with Gasteiger partial charge in [0.05, 0.1) is 11.4 Å². The largest absolute Gasteiger partial charge is 0.378 e. The average molecular weight is 471 g/mol. The minimum atomic E-state index is -0.0462. The molecule has 1 fully saturated rings. The van der Waals surface area contributed by atoms with E-state index in [2.05, 4.69) is 20.4 Å². The molecule has 0 saturated carbocycles. The van der Waals surface area contributed by atoms with Crippen LogP contribution >= 0.6 is 23.4 Å².